The molecule has 0 unspecified atom stereocenters. The van der Waals surface area contributed by atoms with Crippen molar-refractivity contribution < 1.29 is 4.74 Å². The van der Waals surface area contributed by atoms with Gasteiger partial charge in [-0.05, 0) is 65.1 Å². The number of fused-ring (bicyclic) bond motifs is 1. The number of nitrogens with zero attached hydrogens (tertiary/aromatic N) is 1. The lowest BCUT2D eigenvalue weighted by molar-refractivity contribution is 0.304. The van der Waals surface area contributed by atoms with Crippen molar-refractivity contribution in [2.24, 2.45) is 7.05 Å². The number of hydrogen-bond donors (Lipinski definition) is 0. The van der Waals surface area contributed by atoms with Crippen LogP contribution in [0.2, 0.25) is 0 Å². The molecule has 0 aliphatic carbocycles. The highest BCUT2D eigenvalue weighted by Gasteiger charge is 2.22. The Morgan fingerprint density at radius 1 is 1.00 bits per heavy atom. The second-order valence-corrected chi connectivity index (χ2v) is 7.21. The van der Waals surface area contributed by atoms with Crippen LogP contribution in [0.1, 0.15) is 44.7 Å². The first-order valence-corrected chi connectivity index (χ1v) is 9.29. The average Bonchev–Trinajstić information content (AvgIpc) is 2.69. The number of pyridine rings is 1. The first-order valence-electron chi connectivity index (χ1n) is 9.29. The average molecular weight is 349 g/mol. The molecule has 3 aromatic rings. The lowest BCUT2D eigenvalue weighted by Crippen LogP contribution is -2.19. The van der Waals surface area contributed by atoms with Gasteiger partial charge in [0.1, 0.15) is 12.4 Å². The summed E-state index contributed by atoms with van der Waals surface area (Å²) < 4.78 is 7.72. The summed E-state index contributed by atoms with van der Waals surface area (Å²) in [5.41, 5.74) is 3.55. The van der Waals surface area contributed by atoms with Gasteiger partial charge in [-0.3, -0.25) is 4.79 Å². The van der Waals surface area contributed by atoms with Crippen LogP contribution in [-0.4, -0.2) is 4.57 Å². The summed E-state index contributed by atoms with van der Waals surface area (Å²) >= 11 is 0. The second-order valence-electron chi connectivity index (χ2n) is 7.21. The van der Waals surface area contributed by atoms with Gasteiger partial charge in [0.05, 0.1) is 5.52 Å². The van der Waals surface area contributed by atoms with Crippen LogP contribution in [0.5, 0.6) is 5.75 Å². The number of rotatable bonds is 6. The topological polar surface area (TPSA) is 31.2 Å². The minimum atomic E-state index is 0.00760. The van der Waals surface area contributed by atoms with Gasteiger partial charge in [-0.25, -0.2) is 0 Å². The summed E-state index contributed by atoms with van der Waals surface area (Å²) in [4.78, 5) is 11.7. The Bertz CT molecular complexity index is 967. The number of benzene rings is 2. The van der Waals surface area contributed by atoms with Crippen LogP contribution in [0.3, 0.4) is 0 Å². The summed E-state index contributed by atoms with van der Waals surface area (Å²) in [7, 11) is 1.80. The van der Waals surface area contributed by atoms with Gasteiger partial charge in [0.15, 0.2) is 0 Å². The van der Waals surface area contributed by atoms with Crippen LogP contribution in [0.25, 0.3) is 10.9 Å². The van der Waals surface area contributed by atoms with Crippen molar-refractivity contribution >= 4 is 10.9 Å². The van der Waals surface area contributed by atoms with E-state index in [9.17, 15) is 4.79 Å². The Hall–Kier alpha value is -2.55. The Kier molecular flexibility index (Phi) is 5.17. The third kappa shape index (κ3) is 3.52. The Balaban J connectivity index is 1.80. The molecule has 1 aromatic heterocycles. The highest BCUT2D eigenvalue weighted by atomic mass is 16.5. The van der Waals surface area contributed by atoms with Gasteiger partial charge in [-0.2, -0.15) is 0 Å². The maximum atomic E-state index is 11.7. The molecule has 3 heteroatoms. The van der Waals surface area contributed by atoms with Crippen LogP contribution >= 0.6 is 0 Å². The lowest BCUT2D eigenvalue weighted by atomic mass is 9.78. The van der Waals surface area contributed by atoms with Gasteiger partial charge in [-0.15, -0.1) is 0 Å². The van der Waals surface area contributed by atoms with E-state index < -0.39 is 0 Å². The van der Waals surface area contributed by atoms with Crippen LogP contribution < -0.4 is 10.3 Å². The molecule has 0 amide bonds. The zero-order chi connectivity index (χ0) is 18.7. The minimum absolute atomic E-state index is 0.00760. The van der Waals surface area contributed by atoms with E-state index >= 15 is 0 Å². The fourth-order valence-electron chi connectivity index (χ4n) is 3.31. The molecular weight excluding hydrogens is 322 g/mol. The molecule has 0 bridgehead atoms. The van der Waals surface area contributed by atoms with Gasteiger partial charge >= 0.3 is 0 Å². The minimum Gasteiger partial charge on any atom is -0.489 e. The Morgan fingerprint density at radius 2 is 1.77 bits per heavy atom. The molecule has 0 fully saturated rings. The van der Waals surface area contributed by atoms with Crippen LogP contribution in [0.15, 0.2) is 59.4 Å². The fraction of sp³-hybridized carbons (Fsp3) is 0.348. The zero-order valence-corrected chi connectivity index (χ0v) is 16.1. The third-order valence-corrected chi connectivity index (χ3v) is 5.69. The van der Waals surface area contributed by atoms with E-state index in [4.69, 9.17) is 4.74 Å². The molecule has 0 N–H and O–H groups in total. The van der Waals surface area contributed by atoms with E-state index in [1.54, 1.807) is 17.7 Å². The molecule has 26 heavy (non-hydrogen) atoms. The lowest BCUT2D eigenvalue weighted by Gasteiger charge is -2.27. The smallest absolute Gasteiger partial charge is 0.250 e. The second kappa shape index (κ2) is 7.36. The standard InChI is InChI=1S/C23H27NO2/c1-5-23(3,6-2)19-8-7-9-20(15-19)26-16-17-10-12-21-18(14-17)11-13-22(25)24(21)4/h7-15H,5-6,16H2,1-4H3. The van der Waals surface area contributed by atoms with E-state index in [-0.39, 0.29) is 11.0 Å². The SMILES string of the molecule is CCC(C)(CC)c1cccc(OCc2ccc3c(ccc(=O)n3C)c2)c1. The predicted octanol–water partition coefficient (Wildman–Crippen LogP) is 5.20. The van der Waals surface area contributed by atoms with Gasteiger partial charge in [-0.1, -0.05) is 39.0 Å². The van der Waals surface area contributed by atoms with E-state index in [0.717, 1.165) is 35.1 Å². The highest BCUT2D eigenvalue weighted by molar-refractivity contribution is 5.79. The molecule has 1 heterocycles. The number of aromatic nitrogens is 1. The normalized spacial score (nSPS) is 11.7. The van der Waals surface area contributed by atoms with Crippen LogP contribution in [0, 0.1) is 0 Å². The van der Waals surface area contributed by atoms with E-state index in [1.807, 2.05) is 24.3 Å². The Labute approximate surface area is 155 Å². The first-order chi connectivity index (χ1) is 12.5. The number of hydrogen-bond acceptors (Lipinski definition) is 2. The zero-order valence-electron chi connectivity index (χ0n) is 16.1. The summed E-state index contributed by atoms with van der Waals surface area (Å²) in [6, 6.07) is 18.0. The van der Waals surface area contributed by atoms with Crippen molar-refractivity contribution in [2.45, 2.75) is 45.6 Å². The molecule has 136 valence electrons. The molecule has 2 aromatic carbocycles. The largest absolute Gasteiger partial charge is 0.489 e. The quantitative estimate of drug-likeness (QED) is 0.613. The molecule has 0 saturated carbocycles. The monoisotopic (exact) mass is 349 g/mol. The molecule has 0 saturated heterocycles. The van der Waals surface area contributed by atoms with Crippen molar-refractivity contribution in [3.05, 3.63) is 76.1 Å². The van der Waals surface area contributed by atoms with E-state index in [1.165, 1.54) is 5.56 Å². The van der Waals surface area contributed by atoms with Crippen LogP contribution in [-0.2, 0) is 19.1 Å². The van der Waals surface area contributed by atoms with Gasteiger partial charge < -0.3 is 9.30 Å². The van der Waals surface area contributed by atoms with E-state index in [0.29, 0.717) is 6.61 Å². The van der Waals surface area contributed by atoms with Gasteiger partial charge in [0.25, 0.3) is 5.56 Å². The highest BCUT2D eigenvalue weighted by Crippen LogP contribution is 2.33. The molecular formula is C23H27NO2. The molecule has 0 atom stereocenters. The molecule has 0 spiro atoms. The first kappa shape index (κ1) is 18.2. The molecule has 0 radical (unpaired) electrons. The van der Waals surface area contributed by atoms with Crippen molar-refractivity contribution in [1.82, 2.24) is 4.57 Å². The van der Waals surface area contributed by atoms with Crippen LogP contribution in [0.4, 0.5) is 0 Å². The maximum absolute atomic E-state index is 11.7. The maximum Gasteiger partial charge on any atom is 0.250 e. The summed E-state index contributed by atoms with van der Waals surface area (Å²) in [5, 5.41) is 1.05. The fourth-order valence-corrected chi connectivity index (χ4v) is 3.31. The van der Waals surface area contributed by atoms with Gasteiger partial charge in [0, 0.05) is 13.1 Å². The van der Waals surface area contributed by atoms with Crippen molar-refractivity contribution in [3.63, 3.8) is 0 Å². The molecule has 0 aliphatic heterocycles. The van der Waals surface area contributed by atoms with Gasteiger partial charge in [0.2, 0.25) is 0 Å². The summed E-state index contributed by atoms with van der Waals surface area (Å²) in [5.74, 6) is 0.899. The number of ether oxygens (including phenoxy) is 1. The third-order valence-electron chi connectivity index (χ3n) is 5.69. The number of aryl methyl sites for hydroxylation is 1. The summed E-state index contributed by atoms with van der Waals surface area (Å²) in [6.07, 6.45) is 2.21. The van der Waals surface area contributed by atoms with Crippen molar-refractivity contribution in [1.29, 1.82) is 0 Å². The Morgan fingerprint density at radius 3 is 2.50 bits per heavy atom. The molecule has 3 rings (SSSR count). The van der Waals surface area contributed by atoms with Crippen molar-refractivity contribution in [2.75, 3.05) is 0 Å². The predicted molar refractivity (Wildman–Crippen MR) is 108 cm³/mol. The molecule has 0 aliphatic rings. The van der Waals surface area contributed by atoms with E-state index in [2.05, 4.69) is 45.0 Å². The van der Waals surface area contributed by atoms with Crippen molar-refractivity contribution in [3.8, 4) is 5.75 Å². The molecule has 3 nitrogen and oxygen atoms in total. The summed E-state index contributed by atoms with van der Waals surface area (Å²) in [6.45, 7) is 7.29.